The van der Waals surface area contributed by atoms with E-state index in [4.69, 9.17) is 10.1 Å². The maximum Gasteiger partial charge on any atom is 0.407 e. The van der Waals surface area contributed by atoms with Crippen molar-refractivity contribution < 1.29 is 9.53 Å². The van der Waals surface area contributed by atoms with Crippen molar-refractivity contribution >= 4 is 22.9 Å². The van der Waals surface area contributed by atoms with Crippen LogP contribution in [-0.2, 0) is 11.3 Å². The minimum atomic E-state index is -0.485. The van der Waals surface area contributed by atoms with Gasteiger partial charge in [0.2, 0.25) is 0 Å². The van der Waals surface area contributed by atoms with Gasteiger partial charge in [0.05, 0.1) is 5.04 Å². The molecule has 5 heteroatoms. The summed E-state index contributed by atoms with van der Waals surface area (Å²) < 4.78 is 5.15. The van der Waals surface area contributed by atoms with Crippen LogP contribution in [0.25, 0.3) is 0 Å². The quantitative estimate of drug-likeness (QED) is 0.659. The maximum absolute atomic E-state index is 11.5. The molecule has 4 nitrogen and oxygen atoms in total. The highest BCUT2D eigenvalue weighted by Crippen LogP contribution is 2.11. The van der Waals surface area contributed by atoms with Crippen LogP contribution in [0.15, 0.2) is 24.3 Å². The number of alkyl carbamates (subject to hydrolysis) is 1. The lowest BCUT2D eigenvalue weighted by Crippen LogP contribution is -2.32. The van der Waals surface area contributed by atoms with Gasteiger partial charge in [-0.2, -0.15) is 0 Å². The second kappa shape index (κ2) is 6.61. The second-order valence-electron chi connectivity index (χ2n) is 5.09. The van der Waals surface area contributed by atoms with E-state index in [1.54, 1.807) is 0 Å². The molecule has 0 aliphatic heterocycles. The van der Waals surface area contributed by atoms with E-state index in [0.29, 0.717) is 11.6 Å². The van der Waals surface area contributed by atoms with Gasteiger partial charge in [0, 0.05) is 12.1 Å². The van der Waals surface area contributed by atoms with Gasteiger partial charge in [0.1, 0.15) is 5.60 Å². The first-order valence-corrected chi connectivity index (χ1v) is 7.23. The highest BCUT2D eigenvalue weighted by Gasteiger charge is 2.15. The molecule has 1 aromatic rings. The van der Waals surface area contributed by atoms with E-state index in [1.807, 2.05) is 51.3 Å². The molecule has 1 rings (SSSR count). The number of amides is 1. The largest absolute Gasteiger partial charge is 0.444 e. The first-order chi connectivity index (χ1) is 8.81. The summed E-state index contributed by atoms with van der Waals surface area (Å²) in [5.74, 6) is 0. The predicted molar refractivity (Wildman–Crippen MR) is 79.9 cm³/mol. The molecule has 1 aromatic carbocycles. The molecule has 0 fully saturated rings. The predicted octanol–water partition coefficient (Wildman–Crippen LogP) is 3.40. The Hall–Kier alpha value is -1.49. The number of benzene rings is 1. The molecule has 104 valence electrons. The Morgan fingerprint density at radius 1 is 1.32 bits per heavy atom. The van der Waals surface area contributed by atoms with Crippen molar-refractivity contribution in [3.63, 3.8) is 0 Å². The summed E-state index contributed by atoms with van der Waals surface area (Å²) in [6.45, 7) is 5.90. The zero-order valence-electron chi connectivity index (χ0n) is 11.7. The second-order valence-corrected chi connectivity index (χ2v) is 5.90. The first-order valence-electron chi connectivity index (χ1n) is 6.00. The van der Waals surface area contributed by atoms with Crippen LogP contribution in [0.3, 0.4) is 0 Å². The third-order valence-corrected chi connectivity index (χ3v) is 2.90. The van der Waals surface area contributed by atoms with Gasteiger partial charge in [0.25, 0.3) is 0 Å². The monoisotopic (exact) mass is 280 g/mol. The fourth-order valence-electron chi connectivity index (χ4n) is 1.38. The third-order valence-electron chi connectivity index (χ3n) is 2.26. The summed E-state index contributed by atoms with van der Waals surface area (Å²) in [6.07, 6.45) is 1.45. The van der Waals surface area contributed by atoms with Gasteiger partial charge in [-0.3, -0.25) is 5.41 Å². The highest BCUT2D eigenvalue weighted by molar-refractivity contribution is 8.13. The van der Waals surface area contributed by atoms with E-state index in [9.17, 15) is 4.79 Å². The van der Waals surface area contributed by atoms with Crippen molar-refractivity contribution in [2.24, 2.45) is 0 Å². The molecule has 0 heterocycles. The molecule has 0 atom stereocenters. The number of carbonyl (C=O) groups is 1. The van der Waals surface area contributed by atoms with Gasteiger partial charge in [0.15, 0.2) is 0 Å². The molecule has 0 spiro atoms. The van der Waals surface area contributed by atoms with Crippen molar-refractivity contribution in [1.29, 1.82) is 5.41 Å². The van der Waals surface area contributed by atoms with Gasteiger partial charge in [-0.15, -0.1) is 11.8 Å². The number of carbonyl (C=O) groups excluding carboxylic acids is 1. The average molecular weight is 280 g/mol. The molecule has 0 saturated carbocycles. The van der Waals surface area contributed by atoms with Crippen LogP contribution in [0.5, 0.6) is 0 Å². The Bertz CT molecular complexity index is 450. The lowest BCUT2D eigenvalue weighted by molar-refractivity contribution is 0.0523. The van der Waals surface area contributed by atoms with Crippen molar-refractivity contribution in [2.75, 3.05) is 6.26 Å². The summed E-state index contributed by atoms with van der Waals surface area (Å²) >= 11 is 1.40. The van der Waals surface area contributed by atoms with Crippen LogP contribution < -0.4 is 5.32 Å². The van der Waals surface area contributed by atoms with Crippen LogP contribution in [0.4, 0.5) is 4.79 Å². The van der Waals surface area contributed by atoms with Crippen LogP contribution in [-0.4, -0.2) is 23.0 Å². The van der Waals surface area contributed by atoms with Gasteiger partial charge < -0.3 is 10.1 Å². The molecular weight excluding hydrogens is 260 g/mol. The van der Waals surface area contributed by atoms with Crippen molar-refractivity contribution in [2.45, 2.75) is 32.9 Å². The fourth-order valence-corrected chi connectivity index (χ4v) is 1.75. The Labute approximate surface area is 118 Å². The summed E-state index contributed by atoms with van der Waals surface area (Å²) in [5.41, 5.74) is 1.37. The van der Waals surface area contributed by atoms with Crippen LogP contribution >= 0.6 is 11.8 Å². The van der Waals surface area contributed by atoms with E-state index in [1.165, 1.54) is 11.8 Å². The normalized spacial score (nSPS) is 10.9. The number of hydrogen-bond donors (Lipinski definition) is 2. The molecule has 0 aromatic heterocycles. The molecule has 1 amide bonds. The van der Waals surface area contributed by atoms with Gasteiger partial charge in [-0.1, -0.05) is 24.3 Å². The minimum absolute atomic E-state index is 0.418. The van der Waals surface area contributed by atoms with Crippen molar-refractivity contribution in [3.05, 3.63) is 35.4 Å². The standard InChI is InChI=1S/C14H20N2O2S/c1-14(2,3)18-13(17)16-9-10-5-7-11(8-6-10)12(15)19-4/h5-8,15H,9H2,1-4H3,(H,16,17). The SMILES string of the molecule is CSC(=N)c1ccc(CNC(=O)OC(C)(C)C)cc1. The van der Waals surface area contributed by atoms with E-state index in [2.05, 4.69) is 5.32 Å². The Morgan fingerprint density at radius 2 is 1.89 bits per heavy atom. The molecule has 0 aliphatic carbocycles. The summed E-state index contributed by atoms with van der Waals surface area (Å²) in [7, 11) is 0. The van der Waals surface area contributed by atoms with Crippen LogP contribution in [0, 0.1) is 5.41 Å². The summed E-state index contributed by atoms with van der Waals surface area (Å²) in [4.78, 5) is 11.5. The zero-order chi connectivity index (χ0) is 14.5. The lowest BCUT2D eigenvalue weighted by Gasteiger charge is -2.19. The van der Waals surface area contributed by atoms with Gasteiger partial charge in [-0.05, 0) is 32.6 Å². The topological polar surface area (TPSA) is 62.2 Å². The number of rotatable bonds is 3. The number of hydrogen-bond acceptors (Lipinski definition) is 4. The molecule has 0 unspecified atom stereocenters. The van der Waals surface area contributed by atoms with Crippen LogP contribution in [0.1, 0.15) is 31.9 Å². The molecule has 19 heavy (non-hydrogen) atoms. The lowest BCUT2D eigenvalue weighted by atomic mass is 10.1. The molecule has 0 saturated heterocycles. The Kier molecular flexibility index (Phi) is 5.42. The van der Waals surface area contributed by atoms with Gasteiger partial charge >= 0.3 is 6.09 Å². The van der Waals surface area contributed by atoms with E-state index >= 15 is 0 Å². The molecule has 2 N–H and O–H groups in total. The number of nitrogens with one attached hydrogen (secondary N) is 2. The van der Waals surface area contributed by atoms with E-state index in [-0.39, 0.29) is 0 Å². The Morgan fingerprint density at radius 3 is 2.37 bits per heavy atom. The Balaban J connectivity index is 2.50. The van der Waals surface area contributed by atoms with Crippen molar-refractivity contribution in [1.82, 2.24) is 5.32 Å². The molecular formula is C14H20N2O2S. The minimum Gasteiger partial charge on any atom is -0.444 e. The van der Waals surface area contributed by atoms with E-state index < -0.39 is 11.7 Å². The van der Waals surface area contributed by atoms with E-state index in [0.717, 1.165) is 11.1 Å². The van der Waals surface area contributed by atoms with Gasteiger partial charge in [-0.25, -0.2) is 4.79 Å². The first kappa shape index (κ1) is 15.6. The molecule has 0 aliphatic rings. The number of ether oxygens (including phenoxy) is 1. The zero-order valence-corrected chi connectivity index (χ0v) is 12.6. The van der Waals surface area contributed by atoms with Crippen LogP contribution in [0.2, 0.25) is 0 Å². The average Bonchev–Trinajstić information content (AvgIpc) is 2.34. The molecule has 0 bridgehead atoms. The maximum atomic E-state index is 11.5. The fraction of sp³-hybridized carbons (Fsp3) is 0.429. The smallest absolute Gasteiger partial charge is 0.407 e. The third kappa shape index (κ3) is 5.79. The summed E-state index contributed by atoms with van der Waals surface area (Å²) in [6, 6.07) is 7.56. The number of thioether (sulfide) groups is 1. The summed E-state index contributed by atoms with van der Waals surface area (Å²) in [5, 5.41) is 10.9. The molecule has 0 radical (unpaired) electrons. The highest BCUT2D eigenvalue weighted by atomic mass is 32.2. The van der Waals surface area contributed by atoms with Crippen molar-refractivity contribution in [3.8, 4) is 0 Å².